The summed E-state index contributed by atoms with van der Waals surface area (Å²) in [5, 5.41) is 3.67. The molecule has 2 aliphatic heterocycles. The number of nitrogens with zero attached hydrogens (tertiary/aromatic N) is 3. The van der Waals surface area contributed by atoms with Gasteiger partial charge in [-0.05, 0) is 67.8 Å². The van der Waals surface area contributed by atoms with Gasteiger partial charge in [-0.2, -0.15) is 0 Å². The van der Waals surface area contributed by atoms with E-state index in [0.29, 0.717) is 53.9 Å². The molecule has 3 aromatic carbocycles. The van der Waals surface area contributed by atoms with Gasteiger partial charge in [-0.25, -0.2) is 0 Å². The standard InChI is InChI=1S/C29H28Cl2N4O3/c1-20-6-5-7-22(16-20)32-26(36)18-34-19-35(23-8-3-2-4-9-23)29(28(34)38)12-14-33(15-13-29)27(37)24-11-10-21(30)17-25(24)31/h2-11,16-17H,12-15,18-19H2,1H3,(H,32,36). The molecule has 0 aromatic heterocycles. The van der Waals surface area contributed by atoms with Gasteiger partial charge in [0.25, 0.3) is 11.8 Å². The van der Waals surface area contributed by atoms with Crippen molar-refractivity contribution in [2.45, 2.75) is 25.3 Å². The quantitative estimate of drug-likeness (QED) is 0.472. The lowest BCUT2D eigenvalue weighted by atomic mass is 9.85. The highest BCUT2D eigenvalue weighted by atomic mass is 35.5. The molecule has 3 amide bonds. The van der Waals surface area contributed by atoms with Gasteiger partial charge in [-0.1, -0.05) is 53.5 Å². The lowest BCUT2D eigenvalue weighted by molar-refractivity contribution is -0.136. The topological polar surface area (TPSA) is 73.0 Å². The van der Waals surface area contributed by atoms with E-state index in [2.05, 4.69) is 10.2 Å². The highest BCUT2D eigenvalue weighted by molar-refractivity contribution is 6.36. The third kappa shape index (κ3) is 5.08. The second kappa shape index (κ2) is 10.7. The molecule has 0 saturated carbocycles. The maximum absolute atomic E-state index is 13.9. The van der Waals surface area contributed by atoms with Crippen molar-refractivity contribution in [1.29, 1.82) is 0 Å². The Balaban J connectivity index is 1.34. The second-order valence-corrected chi connectivity index (χ2v) is 10.6. The fraction of sp³-hybridized carbons (Fsp3) is 0.276. The number of para-hydroxylation sites is 1. The molecular formula is C29H28Cl2N4O3. The van der Waals surface area contributed by atoms with Crippen LogP contribution in [0.3, 0.4) is 0 Å². The lowest BCUT2D eigenvalue weighted by Gasteiger charge is -2.43. The molecule has 7 nitrogen and oxygen atoms in total. The van der Waals surface area contributed by atoms with Crippen LogP contribution in [0.25, 0.3) is 0 Å². The van der Waals surface area contributed by atoms with E-state index in [4.69, 9.17) is 23.2 Å². The van der Waals surface area contributed by atoms with E-state index >= 15 is 0 Å². The zero-order valence-corrected chi connectivity index (χ0v) is 22.5. The van der Waals surface area contributed by atoms with E-state index in [0.717, 1.165) is 11.3 Å². The smallest absolute Gasteiger partial charge is 0.255 e. The van der Waals surface area contributed by atoms with Crippen LogP contribution in [0.4, 0.5) is 11.4 Å². The van der Waals surface area contributed by atoms with Crippen molar-refractivity contribution in [3.8, 4) is 0 Å². The highest BCUT2D eigenvalue weighted by Gasteiger charge is 2.54. The molecule has 38 heavy (non-hydrogen) atoms. The summed E-state index contributed by atoms with van der Waals surface area (Å²) in [4.78, 5) is 45.4. The number of carbonyl (C=O) groups is 3. The molecule has 2 fully saturated rings. The van der Waals surface area contributed by atoms with Crippen LogP contribution in [-0.4, -0.2) is 59.4 Å². The molecule has 0 atom stereocenters. The average molecular weight is 551 g/mol. The van der Waals surface area contributed by atoms with Gasteiger partial charge in [0.2, 0.25) is 5.91 Å². The number of halogens is 2. The summed E-state index contributed by atoms with van der Waals surface area (Å²) in [6.45, 7) is 2.97. The molecule has 0 bridgehead atoms. The van der Waals surface area contributed by atoms with Crippen molar-refractivity contribution >= 4 is 52.3 Å². The molecule has 1 spiro atoms. The van der Waals surface area contributed by atoms with Crippen LogP contribution in [-0.2, 0) is 9.59 Å². The van der Waals surface area contributed by atoms with Crippen LogP contribution in [0.5, 0.6) is 0 Å². The van der Waals surface area contributed by atoms with E-state index < -0.39 is 5.54 Å². The SMILES string of the molecule is Cc1cccc(NC(=O)CN2CN(c3ccccc3)C3(CCN(C(=O)c4ccc(Cl)cc4Cl)CC3)C2=O)c1. The van der Waals surface area contributed by atoms with Gasteiger partial charge >= 0.3 is 0 Å². The van der Waals surface area contributed by atoms with Crippen LogP contribution in [0.2, 0.25) is 10.0 Å². The summed E-state index contributed by atoms with van der Waals surface area (Å²) in [7, 11) is 0. The molecule has 0 radical (unpaired) electrons. The minimum absolute atomic E-state index is 0.0547. The molecule has 2 aliphatic rings. The lowest BCUT2D eigenvalue weighted by Crippen LogP contribution is -2.57. The first-order valence-electron chi connectivity index (χ1n) is 12.5. The molecule has 9 heteroatoms. The summed E-state index contributed by atoms with van der Waals surface area (Å²) < 4.78 is 0. The number of hydrogen-bond donors (Lipinski definition) is 1. The van der Waals surface area contributed by atoms with Crippen molar-refractivity contribution in [3.05, 3.63) is 94.0 Å². The second-order valence-electron chi connectivity index (χ2n) is 9.77. The van der Waals surface area contributed by atoms with Crippen LogP contribution >= 0.6 is 23.2 Å². The molecule has 2 heterocycles. The van der Waals surface area contributed by atoms with Gasteiger partial charge in [0, 0.05) is 29.5 Å². The third-order valence-corrected chi connectivity index (χ3v) is 7.81. The highest BCUT2D eigenvalue weighted by Crippen LogP contribution is 2.40. The van der Waals surface area contributed by atoms with Gasteiger partial charge in [-0.15, -0.1) is 0 Å². The average Bonchev–Trinajstić information content (AvgIpc) is 3.15. The first-order valence-corrected chi connectivity index (χ1v) is 13.3. The van der Waals surface area contributed by atoms with Crippen molar-refractivity contribution in [1.82, 2.24) is 9.80 Å². The van der Waals surface area contributed by atoms with E-state index in [1.807, 2.05) is 61.5 Å². The fourth-order valence-corrected chi connectivity index (χ4v) is 5.82. The van der Waals surface area contributed by atoms with E-state index in [1.54, 1.807) is 28.0 Å². The normalized spacial score (nSPS) is 16.7. The first-order chi connectivity index (χ1) is 18.3. The number of rotatable bonds is 5. The predicted molar refractivity (Wildman–Crippen MR) is 150 cm³/mol. The first kappa shape index (κ1) is 26.1. The number of piperidine rings is 1. The largest absolute Gasteiger partial charge is 0.339 e. The van der Waals surface area contributed by atoms with Crippen molar-refractivity contribution in [2.24, 2.45) is 0 Å². The number of nitrogens with one attached hydrogen (secondary N) is 1. The third-order valence-electron chi connectivity index (χ3n) is 7.26. The van der Waals surface area contributed by atoms with Crippen LogP contribution < -0.4 is 10.2 Å². The number of likely N-dealkylation sites (tertiary alicyclic amines) is 1. The Morgan fingerprint density at radius 1 is 0.947 bits per heavy atom. The fourth-order valence-electron chi connectivity index (χ4n) is 5.33. The maximum atomic E-state index is 13.9. The Kier molecular flexibility index (Phi) is 7.32. The molecule has 2 saturated heterocycles. The molecule has 196 valence electrons. The Morgan fingerprint density at radius 2 is 1.68 bits per heavy atom. The number of aryl methyl sites for hydroxylation is 1. The predicted octanol–water partition coefficient (Wildman–Crippen LogP) is 5.22. The van der Waals surface area contributed by atoms with Gasteiger partial charge in [0.1, 0.15) is 12.1 Å². The van der Waals surface area contributed by atoms with E-state index in [1.165, 1.54) is 0 Å². The minimum atomic E-state index is -0.842. The van der Waals surface area contributed by atoms with Crippen molar-refractivity contribution in [3.63, 3.8) is 0 Å². The van der Waals surface area contributed by atoms with E-state index in [-0.39, 0.29) is 24.3 Å². The number of carbonyl (C=O) groups excluding carboxylic acids is 3. The van der Waals surface area contributed by atoms with Crippen molar-refractivity contribution < 1.29 is 14.4 Å². The molecule has 1 N–H and O–H groups in total. The Morgan fingerprint density at radius 3 is 2.37 bits per heavy atom. The number of benzene rings is 3. The number of anilines is 2. The van der Waals surface area contributed by atoms with Crippen LogP contribution in [0.1, 0.15) is 28.8 Å². The van der Waals surface area contributed by atoms with Gasteiger partial charge in [0.15, 0.2) is 0 Å². The number of hydrogen-bond acceptors (Lipinski definition) is 4. The molecule has 3 aromatic rings. The Hall–Kier alpha value is -3.55. The van der Waals surface area contributed by atoms with Crippen LogP contribution in [0, 0.1) is 6.92 Å². The summed E-state index contributed by atoms with van der Waals surface area (Å²) >= 11 is 12.3. The summed E-state index contributed by atoms with van der Waals surface area (Å²) in [6.07, 6.45) is 0.876. The summed E-state index contributed by atoms with van der Waals surface area (Å²) in [5.74, 6) is -0.538. The zero-order valence-electron chi connectivity index (χ0n) is 21.0. The van der Waals surface area contributed by atoms with E-state index in [9.17, 15) is 14.4 Å². The van der Waals surface area contributed by atoms with Gasteiger partial charge < -0.3 is 20.0 Å². The number of amides is 3. The summed E-state index contributed by atoms with van der Waals surface area (Å²) in [6, 6.07) is 22.1. The summed E-state index contributed by atoms with van der Waals surface area (Å²) in [5.41, 5.74) is 2.19. The molecule has 5 rings (SSSR count). The monoisotopic (exact) mass is 550 g/mol. The van der Waals surface area contributed by atoms with Gasteiger partial charge in [0.05, 0.1) is 17.3 Å². The molecule has 0 unspecified atom stereocenters. The minimum Gasteiger partial charge on any atom is -0.339 e. The Bertz CT molecular complexity index is 1370. The maximum Gasteiger partial charge on any atom is 0.255 e. The van der Waals surface area contributed by atoms with Gasteiger partial charge in [-0.3, -0.25) is 14.4 Å². The van der Waals surface area contributed by atoms with Crippen LogP contribution in [0.15, 0.2) is 72.8 Å². The molecular weight excluding hydrogens is 523 g/mol. The molecule has 0 aliphatic carbocycles. The zero-order chi connectivity index (χ0) is 26.9. The Labute approximate surface area is 231 Å². The van der Waals surface area contributed by atoms with Crippen molar-refractivity contribution in [2.75, 3.05) is 36.5 Å².